The van der Waals surface area contributed by atoms with E-state index in [-0.39, 0.29) is 0 Å². The van der Waals surface area contributed by atoms with E-state index in [4.69, 9.17) is 0 Å². The Morgan fingerprint density at radius 1 is 1.21 bits per heavy atom. The molecule has 1 aromatic carbocycles. The number of para-hydroxylation sites is 1. The number of nitrogens with zero attached hydrogens (tertiary/aromatic N) is 3. The normalized spacial score (nSPS) is 14.3. The van der Waals surface area contributed by atoms with E-state index in [9.17, 15) is 0 Å². The maximum Gasteiger partial charge on any atom is 0.0732 e. The summed E-state index contributed by atoms with van der Waals surface area (Å²) in [5.41, 5.74) is 2.23. The topological polar surface area (TPSA) is 42.7 Å². The Kier molecular flexibility index (Phi) is 4.68. The first-order valence-corrected chi connectivity index (χ1v) is 6.91. The lowest BCUT2D eigenvalue weighted by Crippen LogP contribution is -2.27. The molecule has 0 aliphatic heterocycles. The van der Waals surface area contributed by atoms with Crippen LogP contribution in [0.4, 0.5) is 0 Å². The number of nitrogens with one attached hydrogen (secondary N) is 1. The molecule has 0 radical (unpaired) electrons. The van der Waals surface area contributed by atoms with E-state index in [1.165, 1.54) is 0 Å². The fraction of sp³-hybridized carbons (Fsp3) is 0.467. The van der Waals surface area contributed by atoms with Gasteiger partial charge in [0.2, 0.25) is 0 Å². The zero-order valence-electron chi connectivity index (χ0n) is 11.9. The summed E-state index contributed by atoms with van der Waals surface area (Å²) in [6.45, 7) is 7.59. The van der Waals surface area contributed by atoms with Gasteiger partial charge in [0.25, 0.3) is 0 Å². The smallest absolute Gasteiger partial charge is 0.0732 e. The summed E-state index contributed by atoms with van der Waals surface area (Å²) in [6.07, 6.45) is 2.95. The Bertz CT molecular complexity index is 492. The van der Waals surface area contributed by atoms with E-state index in [1.54, 1.807) is 0 Å². The zero-order chi connectivity index (χ0) is 13.7. The van der Waals surface area contributed by atoms with Crippen LogP contribution in [-0.4, -0.2) is 27.6 Å². The van der Waals surface area contributed by atoms with Crippen LogP contribution >= 0.6 is 0 Å². The SMILES string of the molecule is CCNC(C)CC(C)c1cnnn1-c1ccccc1. The lowest BCUT2D eigenvalue weighted by Gasteiger charge is -2.18. The van der Waals surface area contributed by atoms with Crippen LogP contribution < -0.4 is 5.32 Å². The molecule has 1 N–H and O–H groups in total. The van der Waals surface area contributed by atoms with E-state index < -0.39 is 0 Å². The third-order valence-electron chi connectivity index (χ3n) is 3.34. The highest BCUT2D eigenvalue weighted by Gasteiger charge is 2.16. The second kappa shape index (κ2) is 6.48. The molecular formula is C15H22N4. The van der Waals surface area contributed by atoms with Crippen molar-refractivity contribution >= 4 is 0 Å². The summed E-state index contributed by atoms with van der Waals surface area (Å²) < 4.78 is 1.93. The molecule has 2 rings (SSSR count). The summed E-state index contributed by atoms with van der Waals surface area (Å²) in [7, 11) is 0. The van der Waals surface area contributed by atoms with Gasteiger partial charge >= 0.3 is 0 Å². The van der Waals surface area contributed by atoms with Crippen LogP contribution in [0.5, 0.6) is 0 Å². The van der Waals surface area contributed by atoms with Crippen LogP contribution in [0.15, 0.2) is 36.5 Å². The second-order valence-electron chi connectivity index (χ2n) is 5.00. The molecule has 2 unspecified atom stereocenters. The Morgan fingerprint density at radius 2 is 1.95 bits per heavy atom. The van der Waals surface area contributed by atoms with Crippen LogP contribution in [-0.2, 0) is 0 Å². The van der Waals surface area contributed by atoms with Crippen molar-refractivity contribution in [1.29, 1.82) is 0 Å². The van der Waals surface area contributed by atoms with E-state index >= 15 is 0 Å². The molecule has 0 aliphatic carbocycles. The average Bonchev–Trinajstić information content (AvgIpc) is 2.89. The molecule has 4 nitrogen and oxygen atoms in total. The Balaban J connectivity index is 2.15. The molecular weight excluding hydrogens is 236 g/mol. The first-order valence-electron chi connectivity index (χ1n) is 6.91. The van der Waals surface area contributed by atoms with Crippen molar-refractivity contribution in [1.82, 2.24) is 20.3 Å². The van der Waals surface area contributed by atoms with Gasteiger partial charge in [0.05, 0.1) is 17.6 Å². The van der Waals surface area contributed by atoms with Gasteiger partial charge in [0.1, 0.15) is 0 Å². The van der Waals surface area contributed by atoms with Gasteiger partial charge in [-0.15, -0.1) is 5.10 Å². The number of hydrogen-bond donors (Lipinski definition) is 1. The maximum absolute atomic E-state index is 4.21. The van der Waals surface area contributed by atoms with Gasteiger partial charge in [-0.25, -0.2) is 4.68 Å². The number of benzene rings is 1. The van der Waals surface area contributed by atoms with Crippen LogP contribution in [0, 0.1) is 0 Å². The highest BCUT2D eigenvalue weighted by molar-refractivity contribution is 5.32. The quantitative estimate of drug-likeness (QED) is 0.866. The van der Waals surface area contributed by atoms with E-state index in [1.807, 2.05) is 29.1 Å². The predicted octanol–water partition coefficient (Wildman–Crippen LogP) is 2.76. The third kappa shape index (κ3) is 3.41. The van der Waals surface area contributed by atoms with E-state index in [0.29, 0.717) is 12.0 Å². The molecule has 0 aliphatic rings. The molecule has 0 amide bonds. The average molecular weight is 258 g/mol. The fourth-order valence-electron chi connectivity index (χ4n) is 2.43. The predicted molar refractivity (Wildman–Crippen MR) is 77.5 cm³/mol. The van der Waals surface area contributed by atoms with Gasteiger partial charge in [0, 0.05) is 12.0 Å². The number of hydrogen-bond acceptors (Lipinski definition) is 3. The molecule has 0 saturated heterocycles. The standard InChI is InChI=1S/C15H22N4/c1-4-16-13(3)10-12(2)15-11-17-18-19(15)14-8-6-5-7-9-14/h5-9,11-13,16H,4,10H2,1-3H3. The van der Waals surface area contributed by atoms with Crippen LogP contribution in [0.2, 0.25) is 0 Å². The Morgan fingerprint density at radius 3 is 2.63 bits per heavy atom. The molecule has 102 valence electrons. The van der Waals surface area contributed by atoms with Crippen molar-refractivity contribution < 1.29 is 0 Å². The maximum atomic E-state index is 4.21. The van der Waals surface area contributed by atoms with Crippen LogP contribution in [0.1, 0.15) is 38.8 Å². The molecule has 0 saturated carbocycles. The molecule has 2 atom stereocenters. The lowest BCUT2D eigenvalue weighted by molar-refractivity contribution is 0.480. The molecule has 1 heterocycles. The lowest BCUT2D eigenvalue weighted by atomic mass is 9.99. The van der Waals surface area contributed by atoms with Crippen molar-refractivity contribution in [2.45, 2.75) is 39.2 Å². The van der Waals surface area contributed by atoms with Gasteiger partial charge in [-0.2, -0.15) is 0 Å². The Labute approximate surface area is 114 Å². The first-order chi connectivity index (χ1) is 9.22. The van der Waals surface area contributed by atoms with Crippen molar-refractivity contribution in [2.24, 2.45) is 0 Å². The van der Waals surface area contributed by atoms with Crippen LogP contribution in [0.3, 0.4) is 0 Å². The van der Waals surface area contributed by atoms with Crippen molar-refractivity contribution in [3.63, 3.8) is 0 Å². The fourth-order valence-corrected chi connectivity index (χ4v) is 2.43. The molecule has 0 bridgehead atoms. The summed E-state index contributed by atoms with van der Waals surface area (Å²) in [4.78, 5) is 0. The van der Waals surface area contributed by atoms with Gasteiger partial charge in [-0.1, -0.05) is 37.3 Å². The molecule has 19 heavy (non-hydrogen) atoms. The molecule has 4 heteroatoms. The number of aromatic nitrogens is 3. The first kappa shape index (κ1) is 13.7. The zero-order valence-corrected chi connectivity index (χ0v) is 11.9. The minimum atomic E-state index is 0.421. The van der Waals surface area contributed by atoms with Gasteiger partial charge in [-0.3, -0.25) is 0 Å². The van der Waals surface area contributed by atoms with E-state index in [0.717, 1.165) is 24.3 Å². The summed E-state index contributed by atoms with van der Waals surface area (Å²) in [6, 6.07) is 10.7. The molecule has 0 spiro atoms. The summed E-state index contributed by atoms with van der Waals surface area (Å²) >= 11 is 0. The van der Waals surface area contributed by atoms with Crippen molar-refractivity contribution in [2.75, 3.05) is 6.54 Å². The second-order valence-corrected chi connectivity index (χ2v) is 5.00. The van der Waals surface area contributed by atoms with Gasteiger partial charge < -0.3 is 5.32 Å². The molecule has 0 fully saturated rings. The largest absolute Gasteiger partial charge is 0.315 e. The van der Waals surface area contributed by atoms with Crippen molar-refractivity contribution in [3.05, 3.63) is 42.2 Å². The van der Waals surface area contributed by atoms with Gasteiger partial charge in [0.15, 0.2) is 0 Å². The molecule has 1 aromatic heterocycles. The minimum Gasteiger partial charge on any atom is -0.315 e. The monoisotopic (exact) mass is 258 g/mol. The van der Waals surface area contributed by atoms with Crippen LogP contribution in [0.25, 0.3) is 5.69 Å². The van der Waals surface area contributed by atoms with Gasteiger partial charge in [-0.05, 0) is 32.0 Å². The van der Waals surface area contributed by atoms with E-state index in [2.05, 4.69) is 48.5 Å². The third-order valence-corrected chi connectivity index (χ3v) is 3.34. The number of rotatable bonds is 6. The molecule has 2 aromatic rings. The highest BCUT2D eigenvalue weighted by Crippen LogP contribution is 2.22. The highest BCUT2D eigenvalue weighted by atomic mass is 15.4. The minimum absolute atomic E-state index is 0.421. The summed E-state index contributed by atoms with van der Waals surface area (Å²) in [5.74, 6) is 0.421. The van der Waals surface area contributed by atoms with Crippen molar-refractivity contribution in [3.8, 4) is 5.69 Å². The summed E-state index contributed by atoms with van der Waals surface area (Å²) in [5, 5.41) is 11.7. The Hall–Kier alpha value is -1.68.